The molecule has 172 valence electrons. The third-order valence-electron chi connectivity index (χ3n) is 5.65. The molecule has 0 aromatic heterocycles. The number of nitrogens with zero attached hydrogens (tertiary/aromatic N) is 2. The molecule has 0 saturated heterocycles. The zero-order valence-corrected chi connectivity index (χ0v) is 18.2. The van der Waals surface area contributed by atoms with Crippen LogP contribution in [0.25, 0.3) is 0 Å². The molecule has 0 saturated carbocycles. The fourth-order valence-electron chi connectivity index (χ4n) is 4.17. The van der Waals surface area contributed by atoms with Gasteiger partial charge in [-0.1, -0.05) is 30.3 Å². The van der Waals surface area contributed by atoms with Gasteiger partial charge in [0, 0.05) is 5.69 Å². The lowest BCUT2D eigenvalue weighted by atomic mass is 9.81. The zero-order chi connectivity index (χ0) is 24.6. The largest absolute Gasteiger partial charge is 0.466 e. The summed E-state index contributed by atoms with van der Waals surface area (Å²) in [6, 6.07) is 12.9. The molecule has 2 aliphatic rings. The number of halogens is 1. The van der Waals surface area contributed by atoms with Gasteiger partial charge in [0.05, 0.1) is 49.5 Å². The number of hydrogen-bond acceptors (Lipinski definition) is 8. The molecule has 2 aromatic carbocycles. The molecular weight excluding hydrogens is 443 g/mol. The predicted octanol–water partition coefficient (Wildman–Crippen LogP) is 2.22. The minimum absolute atomic E-state index is 0.00943. The van der Waals surface area contributed by atoms with E-state index in [4.69, 9.17) is 15.2 Å². The molecule has 4 rings (SSSR count). The first-order valence-electron chi connectivity index (χ1n) is 10.1. The lowest BCUT2D eigenvalue weighted by Crippen LogP contribution is -2.41. The van der Waals surface area contributed by atoms with Gasteiger partial charge in [-0.2, -0.15) is 5.26 Å². The standard InChI is InChI=1S/C24H19FN4O5/c1-33-23(31)20-19(12-6-4-3-5-7-12)14(11-26)22(27)29(21(20)24(32)34-2)17-10-16-13(8-15(17)25)9-18(30)28-16/h3-8,10,19H,9,27H2,1-2H3,(H,28,30). The van der Waals surface area contributed by atoms with Gasteiger partial charge in [0.2, 0.25) is 5.91 Å². The number of carbonyl (C=O) groups excluding carboxylic acids is 3. The molecule has 34 heavy (non-hydrogen) atoms. The number of esters is 2. The summed E-state index contributed by atoms with van der Waals surface area (Å²) in [5, 5.41) is 12.6. The fraction of sp³-hybridized carbons (Fsp3) is 0.167. The Morgan fingerprint density at radius 3 is 2.47 bits per heavy atom. The Balaban J connectivity index is 2.06. The van der Waals surface area contributed by atoms with E-state index in [9.17, 15) is 19.6 Å². The van der Waals surface area contributed by atoms with Crippen molar-refractivity contribution in [3.05, 3.63) is 82.1 Å². The Morgan fingerprint density at radius 2 is 1.85 bits per heavy atom. The van der Waals surface area contributed by atoms with Crippen molar-refractivity contribution in [2.45, 2.75) is 12.3 Å². The summed E-state index contributed by atoms with van der Waals surface area (Å²) >= 11 is 0. The van der Waals surface area contributed by atoms with Gasteiger partial charge < -0.3 is 20.5 Å². The molecule has 1 unspecified atom stereocenters. The molecule has 2 aliphatic heterocycles. The molecule has 10 heteroatoms. The smallest absolute Gasteiger partial charge is 0.355 e. The van der Waals surface area contributed by atoms with Crippen molar-refractivity contribution in [2.75, 3.05) is 24.4 Å². The molecule has 3 N–H and O–H groups in total. The summed E-state index contributed by atoms with van der Waals surface area (Å²) in [5.41, 5.74) is 6.60. The van der Waals surface area contributed by atoms with Crippen LogP contribution in [0.2, 0.25) is 0 Å². The summed E-state index contributed by atoms with van der Waals surface area (Å²) in [7, 11) is 2.22. The van der Waals surface area contributed by atoms with Gasteiger partial charge in [-0.25, -0.2) is 14.0 Å². The average Bonchev–Trinajstić information content (AvgIpc) is 3.20. The lowest BCUT2D eigenvalue weighted by molar-refractivity contribution is -0.139. The van der Waals surface area contributed by atoms with Crippen molar-refractivity contribution in [3.8, 4) is 6.07 Å². The minimum atomic E-state index is -1.07. The molecule has 2 heterocycles. The van der Waals surface area contributed by atoms with E-state index in [0.29, 0.717) is 16.8 Å². The van der Waals surface area contributed by atoms with Crippen LogP contribution in [0.5, 0.6) is 0 Å². The van der Waals surface area contributed by atoms with Crippen LogP contribution in [-0.2, 0) is 30.3 Å². The number of amides is 1. The number of anilines is 2. The van der Waals surface area contributed by atoms with E-state index in [2.05, 4.69) is 5.32 Å². The number of allylic oxidation sites excluding steroid dienone is 1. The predicted molar refractivity (Wildman–Crippen MR) is 118 cm³/mol. The van der Waals surface area contributed by atoms with Crippen LogP contribution in [0.3, 0.4) is 0 Å². The van der Waals surface area contributed by atoms with E-state index in [1.807, 2.05) is 6.07 Å². The quantitative estimate of drug-likeness (QED) is 0.661. The highest BCUT2D eigenvalue weighted by Gasteiger charge is 2.43. The average molecular weight is 462 g/mol. The summed E-state index contributed by atoms with van der Waals surface area (Å²) in [5.74, 6) is -4.40. The molecule has 0 aliphatic carbocycles. The van der Waals surface area contributed by atoms with Crippen molar-refractivity contribution in [1.29, 1.82) is 5.26 Å². The van der Waals surface area contributed by atoms with Gasteiger partial charge in [-0.3, -0.25) is 9.69 Å². The van der Waals surface area contributed by atoms with Crippen LogP contribution >= 0.6 is 0 Å². The summed E-state index contributed by atoms with van der Waals surface area (Å²) in [6.45, 7) is 0. The number of hydrogen-bond donors (Lipinski definition) is 2. The fourth-order valence-corrected chi connectivity index (χ4v) is 4.17. The highest BCUT2D eigenvalue weighted by molar-refractivity contribution is 6.07. The topological polar surface area (TPSA) is 135 Å². The first-order chi connectivity index (χ1) is 16.3. The Labute approximate surface area is 193 Å². The molecule has 0 radical (unpaired) electrons. The van der Waals surface area contributed by atoms with Crippen LogP contribution < -0.4 is 16.0 Å². The lowest BCUT2D eigenvalue weighted by Gasteiger charge is -2.36. The molecule has 0 bridgehead atoms. The van der Waals surface area contributed by atoms with Crippen molar-refractivity contribution >= 4 is 29.2 Å². The third kappa shape index (κ3) is 3.53. The number of nitrogens with one attached hydrogen (secondary N) is 1. The van der Waals surface area contributed by atoms with Crippen LogP contribution in [0.15, 0.2) is 65.1 Å². The van der Waals surface area contributed by atoms with Gasteiger partial charge in [0.1, 0.15) is 17.3 Å². The molecule has 1 amide bonds. The number of methoxy groups -OCH3 is 2. The molecule has 0 spiro atoms. The second-order valence-corrected chi connectivity index (χ2v) is 7.52. The number of carbonyl (C=O) groups is 3. The van der Waals surface area contributed by atoms with Crippen LogP contribution in [0.1, 0.15) is 17.0 Å². The van der Waals surface area contributed by atoms with Gasteiger partial charge >= 0.3 is 11.9 Å². The minimum Gasteiger partial charge on any atom is -0.466 e. The Bertz CT molecular complexity index is 1330. The van der Waals surface area contributed by atoms with Crippen LogP contribution in [-0.4, -0.2) is 32.1 Å². The number of nitriles is 1. The number of fused-ring (bicyclic) bond motifs is 1. The molecule has 2 aromatic rings. The van der Waals surface area contributed by atoms with E-state index in [1.54, 1.807) is 30.3 Å². The number of ether oxygens (including phenoxy) is 2. The van der Waals surface area contributed by atoms with Crippen molar-refractivity contribution in [3.63, 3.8) is 0 Å². The Kier molecular flexibility index (Phi) is 5.77. The van der Waals surface area contributed by atoms with Crippen molar-refractivity contribution in [1.82, 2.24) is 0 Å². The van der Waals surface area contributed by atoms with Crippen molar-refractivity contribution in [2.24, 2.45) is 5.73 Å². The highest BCUT2D eigenvalue weighted by atomic mass is 19.1. The van der Waals surface area contributed by atoms with E-state index in [0.717, 1.165) is 25.2 Å². The monoisotopic (exact) mass is 462 g/mol. The zero-order valence-electron chi connectivity index (χ0n) is 18.2. The second kappa shape index (κ2) is 8.71. The Hall–Kier alpha value is -4.65. The summed E-state index contributed by atoms with van der Waals surface area (Å²) in [6.07, 6.45) is -0.00943. The van der Waals surface area contributed by atoms with E-state index in [-0.39, 0.29) is 35.0 Å². The third-order valence-corrected chi connectivity index (χ3v) is 5.65. The summed E-state index contributed by atoms with van der Waals surface area (Å²) < 4.78 is 25.2. The molecule has 1 atom stereocenters. The van der Waals surface area contributed by atoms with Gasteiger partial charge in [-0.15, -0.1) is 0 Å². The second-order valence-electron chi connectivity index (χ2n) is 7.52. The molecule has 9 nitrogen and oxygen atoms in total. The maximum absolute atomic E-state index is 15.3. The van der Waals surface area contributed by atoms with Gasteiger partial charge in [0.15, 0.2) is 0 Å². The van der Waals surface area contributed by atoms with Gasteiger partial charge in [0.25, 0.3) is 0 Å². The maximum atomic E-state index is 15.3. The van der Waals surface area contributed by atoms with Crippen LogP contribution in [0, 0.1) is 17.1 Å². The SMILES string of the molecule is COC(=O)C1=C(C(=O)OC)N(c2cc3c(cc2F)CC(=O)N3)C(N)=C(C#N)C1c1ccccc1. The van der Waals surface area contributed by atoms with Crippen molar-refractivity contribution < 1.29 is 28.2 Å². The summed E-state index contributed by atoms with van der Waals surface area (Å²) in [4.78, 5) is 38.8. The van der Waals surface area contributed by atoms with E-state index >= 15 is 4.39 Å². The number of rotatable bonds is 4. The number of nitrogens with two attached hydrogens (primary N) is 1. The first kappa shape index (κ1) is 22.5. The molecular formula is C24H19FN4O5. The normalized spacial score (nSPS) is 17.2. The Morgan fingerprint density at radius 1 is 1.18 bits per heavy atom. The van der Waals surface area contributed by atoms with E-state index in [1.165, 1.54) is 6.07 Å². The van der Waals surface area contributed by atoms with Crippen LogP contribution in [0.4, 0.5) is 15.8 Å². The molecule has 0 fully saturated rings. The highest BCUT2D eigenvalue weighted by Crippen LogP contribution is 2.44. The van der Waals surface area contributed by atoms with Gasteiger partial charge in [-0.05, 0) is 23.3 Å². The van der Waals surface area contributed by atoms with E-state index < -0.39 is 29.4 Å². The first-order valence-corrected chi connectivity index (χ1v) is 10.1. The maximum Gasteiger partial charge on any atom is 0.355 e. The number of benzene rings is 2.